The molecule has 0 bridgehead atoms. The monoisotopic (exact) mass is 210 g/mol. The summed E-state index contributed by atoms with van der Waals surface area (Å²) in [5.74, 6) is 0.906. The quantitative estimate of drug-likeness (QED) is 0.767. The molecule has 1 aromatic rings. The third-order valence-corrected chi connectivity index (χ3v) is 3.51. The molecular weight excluding hydrogens is 196 g/mol. The summed E-state index contributed by atoms with van der Waals surface area (Å²) in [6.45, 7) is 2.06. The Bertz CT molecular complexity index is 367. The molecule has 3 nitrogen and oxygen atoms in total. The van der Waals surface area contributed by atoms with E-state index in [0.29, 0.717) is 0 Å². The fourth-order valence-corrected chi connectivity index (χ4v) is 2.78. The zero-order valence-corrected chi connectivity index (χ0v) is 9.39. The number of nitrogens with zero attached hydrogens (tertiary/aromatic N) is 1. The smallest absolute Gasteiger partial charge is 0.143 e. The maximum Gasteiger partial charge on any atom is 0.143 e. The molecule has 0 aliphatic carbocycles. The first kappa shape index (κ1) is 9.68. The van der Waals surface area contributed by atoms with E-state index in [2.05, 4.69) is 13.0 Å². The zero-order chi connectivity index (χ0) is 10.3. The number of thioether (sulfide) groups is 1. The number of anilines is 1. The van der Waals surface area contributed by atoms with E-state index >= 15 is 0 Å². The maximum atomic E-state index is 5.94. The normalized spacial score (nSPS) is 19.7. The van der Waals surface area contributed by atoms with Crippen molar-refractivity contribution in [3.8, 4) is 5.75 Å². The van der Waals surface area contributed by atoms with Crippen LogP contribution < -0.4 is 15.4 Å². The van der Waals surface area contributed by atoms with Crippen LogP contribution in [0, 0.1) is 6.92 Å². The molecular formula is C10H14N2OS. The SMILES string of the molecule is COc1cc(C)cc2c1N(C)C(N)S2. The van der Waals surface area contributed by atoms with Crippen LogP contribution in [0.5, 0.6) is 5.75 Å². The number of rotatable bonds is 1. The lowest BCUT2D eigenvalue weighted by molar-refractivity contribution is 0.413. The van der Waals surface area contributed by atoms with Crippen LogP contribution in [-0.4, -0.2) is 19.7 Å². The van der Waals surface area contributed by atoms with Gasteiger partial charge in [0, 0.05) is 11.9 Å². The van der Waals surface area contributed by atoms with Gasteiger partial charge in [0.2, 0.25) is 0 Å². The summed E-state index contributed by atoms with van der Waals surface area (Å²) in [4.78, 5) is 3.25. The van der Waals surface area contributed by atoms with Gasteiger partial charge in [0.25, 0.3) is 0 Å². The second-order valence-electron chi connectivity index (χ2n) is 3.43. The van der Waals surface area contributed by atoms with Gasteiger partial charge in [-0.25, -0.2) is 0 Å². The Labute approximate surface area is 88.2 Å². The third-order valence-electron chi connectivity index (χ3n) is 2.39. The molecule has 2 rings (SSSR count). The van der Waals surface area contributed by atoms with Crippen LogP contribution in [-0.2, 0) is 0 Å². The summed E-state index contributed by atoms with van der Waals surface area (Å²) in [6.07, 6.45) is 0. The average Bonchev–Trinajstić information content (AvgIpc) is 2.41. The Morgan fingerprint density at radius 2 is 2.21 bits per heavy atom. The Balaban J connectivity index is 2.56. The molecule has 0 aromatic heterocycles. The van der Waals surface area contributed by atoms with Gasteiger partial charge in [-0.1, -0.05) is 11.8 Å². The first-order valence-electron chi connectivity index (χ1n) is 4.47. The molecule has 2 N–H and O–H groups in total. The van der Waals surface area contributed by atoms with Crippen LogP contribution in [0.2, 0.25) is 0 Å². The van der Waals surface area contributed by atoms with Gasteiger partial charge in [0.15, 0.2) is 0 Å². The first-order valence-corrected chi connectivity index (χ1v) is 5.35. The molecule has 1 unspecified atom stereocenters. The van der Waals surface area contributed by atoms with Crippen molar-refractivity contribution in [1.82, 2.24) is 0 Å². The van der Waals surface area contributed by atoms with E-state index in [-0.39, 0.29) is 5.50 Å². The van der Waals surface area contributed by atoms with Crippen LogP contribution in [0.4, 0.5) is 5.69 Å². The molecule has 1 atom stereocenters. The molecule has 1 heterocycles. The van der Waals surface area contributed by atoms with Gasteiger partial charge in [-0.15, -0.1) is 0 Å². The van der Waals surface area contributed by atoms with Gasteiger partial charge in [-0.3, -0.25) is 0 Å². The van der Waals surface area contributed by atoms with Crippen molar-refractivity contribution in [1.29, 1.82) is 0 Å². The van der Waals surface area contributed by atoms with E-state index in [1.54, 1.807) is 18.9 Å². The Hall–Kier alpha value is -0.870. The Morgan fingerprint density at radius 3 is 2.86 bits per heavy atom. The third kappa shape index (κ3) is 1.35. The van der Waals surface area contributed by atoms with Gasteiger partial charge in [0.05, 0.1) is 12.8 Å². The number of hydrogen-bond donors (Lipinski definition) is 1. The summed E-state index contributed by atoms with van der Waals surface area (Å²) in [5, 5.41) is 0. The molecule has 0 amide bonds. The van der Waals surface area contributed by atoms with E-state index < -0.39 is 0 Å². The minimum Gasteiger partial charge on any atom is -0.495 e. The Morgan fingerprint density at radius 1 is 1.50 bits per heavy atom. The number of nitrogens with two attached hydrogens (primary N) is 1. The fourth-order valence-electron chi connectivity index (χ4n) is 1.64. The molecule has 0 fully saturated rings. The number of benzene rings is 1. The lowest BCUT2D eigenvalue weighted by atomic mass is 10.2. The molecule has 1 aliphatic heterocycles. The molecule has 0 saturated carbocycles. The molecule has 0 radical (unpaired) electrons. The van der Waals surface area contributed by atoms with Crippen molar-refractivity contribution >= 4 is 17.4 Å². The largest absolute Gasteiger partial charge is 0.495 e. The highest BCUT2D eigenvalue weighted by atomic mass is 32.2. The zero-order valence-electron chi connectivity index (χ0n) is 8.57. The molecule has 14 heavy (non-hydrogen) atoms. The van der Waals surface area contributed by atoms with Gasteiger partial charge >= 0.3 is 0 Å². The standard InChI is InChI=1S/C10H14N2OS/c1-6-4-7(13-3)9-8(5-6)14-10(11)12(9)2/h4-5,10H,11H2,1-3H3. The highest BCUT2D eigenvalue weighted by Crippen LogP contribution is 2.46. The number of hydrogen-bond acceptors (Lipinski definition) is 4. The molecule has 1 aliphatic rings. The van der Waals surface area contributed by atoms with Crippen LogP contribution in [0.1, 0.15) is 5.56 Å². The second-order valence-corrected chi connectivity index (χ2v) is 4.59. The molecule has 0 saturated heterocycles. The topological polar surface area (TPSA) is 38.5 Å². The van der Waals surface area contributed by atoms with Crippen molar-refractivity contribution in [2.24, 2.45) is 5.73 Å². The minimum absolute atomic E-state index is 0.000648. The second kappa shape index (κ2) is 3.37. The summed E-state index contributed by atoms with van der Waals surface area (Å²) in [6, 6.07) is 4.18. The highest BCUT2D eigenvalue weighted by Gasteiger charge is 2.27. The van der Waals surface area contributed by atoms with Crippen LogP contribution in [0.15, 0.2) is 17.0 Å². The van der Waals surface area contributed by atoms with Crippen molar-refractivity contribution in [2.75, 3.05) is 19.1 Å². The lowest BCUT2D eigenvalue weighted by Gasteiger charge is -2.19. The van der Waals surface area contributed by atoms with E-state index in [1.165, 1.54) is 10.5 Å². The lowest BCUT2D eigenvalue weighted by Crippen LogP contribution is -2.32. The summed E-state index contributed by atoms with van der Waals surface area (Å²) in [7, 11) is 3.68. The fraction of sp³-hybridized carbons (Fsp3) is 0.400. The van der Waals surface area contributed by atoms with Crippen LogP contribution >= 0.6 is 11.8 Å². The van der Waals surface area contributed by atoms with Crippen LogP contribution in [0.25, 0.3) is 0 Å². The van der Waals surface area contributed by atoms with Crippen molar-refractivity contribution < 1.29 is 4.74 Å². The minimum atomic E-state index is 0.000648. The van der Waals surface area contributed by atoms with Gasteiger partial charge < -0.3 is 15.4 Å². The number of aryl methyl sites for hydroxylation is 1. The van der Waals surface area contributed by atoms with Crippen molar-refractivity contribution in [2.45, 2.75) is 17.3 Å². The number of ether oxygens (including phenoxy) is 1. The summed E-state index contributed by atoms with van der Waals surface area (Å²) >= 11 is 1.67. The van der Waals surface area contributed by atoms with Gasteiger partial charge in [-0.2, -0.15) is 0 Å². The number of fused-ring (bicyclic) bond motifs is 1. The average molecular weight is 210 g/mol. The number of methoxy groups -OCH3 is 1. The van der Waals surface area contributed by atoms with Crippen molar-refractivity contribution in [3.63, 3.8) is 0 Å². The van der Waals surface area contributed by atoms with E-state index in [9.17, 15) is 0 Å². The van der Waals surface area contributed by atoms with Gasteiger partial charge in [0.1, 0.15) is 11.2 Å². The van der Waals surface area contributed by atoms with E-state index in [4.69, 9.17) is 10.5 Å². The Kier molecular flexibility index (Phi) is 2.33. The summed E-state index contributed by atoms with van der Waals surface area (Å²) in [5.41, 5.74) is 8.25. The van der Waals surface area contributed by atoms with E-state index in [1.807, 2.05) is 18.0 Å². The molecule has 4 heteroatoms. The van der Waals surface area contributed by atoms with Crippen molar-refractivity contribution in [3.05, 3.63) is 17.7 Å². The van der Waals surface area contributed by atoms with Crippen LogP contribution in [0.3, 0.4) is 0 Å². The maximum absolute atomic E-state index is 5.94. The first-order chi connectivity index (χ1) is 6.63. The van der Waals surface area contributed by atoms with Gasteiger partial charge in [-0.05, 0) is 24.6 Å². The highest BCUT2D eigenvalue weighted by molar-refractivity contribution is 8.00. The van der Waals surface area contributed by atoms with E-state index in [0.717, 1.165) is 11.4 Å². The summed E-state index contributed by atoms with van der Waals surface area (Å²) < 4.78 is 5.35. The molecule has 76 valence electrons. The molecule has 1 aromatic carbocycles. The predicted octanol–water partition coefficient (Wildman–Crippen LogP) is 1.79. The molecule has 0 spiro atoms. The predicted molar refractivity (Wildman–Crippen MR) is 60.0 cm³/mol.